The predicted molar refractivity (Wildman–Crippen MR) is 43.1 cm³/mol. The minimum atomic E-state index is 0.931. The summed E-state index contributed by atoms with van der Waals surface area (Å²) >= 11 is 1.60. The van der Waals surface area contributed by atoms with E-state index >= 15 is 0 Å². The molecule has 0 fully saturated rings. The highest BCUT2D eigenvalue weighted by Crippen LogP contribution is 1.85. The van der Waals surface area contributed by atoms with E-state index in [0.717, 1.165) is 21.0 Å². The maximum atomic E-state index is 4.53. The molecule has 1 aromatic heterocycles. The first-order valence-corrected chi connectivity index (χ1v) is 4.71. The highest BCUT2D eigenvalue weighted by atomic mass is 32.1. The molecule has 5 heteroatoms. The van der Waals surface area contributed by atoms with Crippen LogP contribution >= 0.6 is 11.3 Å². The summed E-state index contributed by atoms with van der Waals surface area (Å²) in [6, 6.07) is 0. The second-order valence-electron chi connectivity index (χ2n) is 1.08. The van der Waals surface area contributed by atoms with Gasteiger partial charge in [-0.15, -0.1) is 11.3 Å². The zero-order valence-corrected chi connectivity index (χ0v) is 9.81. The van der Waals surface area contributed by atoms with Gasteiger partial charge in [-0.2, -0.15) is 0 Å². The van der Waals surface area contributed by atoms with Crippen molar-refractivity contribution in [2.24, 2.45) is 0 Å². The first-order valence-electron chi connectivity index (χ1n) is 2.14. The van der Waals surface area contributed by atoms with Gasteiger partial charge in [-0.05, 0) is 0 Å². The normalized spacial score (nSPS) is 8.00. The highest BCUT2D eigenvalue weighted by molar-refractivity contribution is 7.07. The quantitative estimate of drug-likeness (QED) is 0.444. The molecule has 0 N–H and O–H groups in total. The van der Waals surface area contributed by atoms with Crippen LogP contribution in [-0.4, -0.2) is 26.0 Å². The van der Waals surface area contributed by atoms with E-state index in [4.69, 9.17) is 0 Å². The molecule has 1 aromatic rings. The highest BCUT2D eigenvalue weighted by Gasteiger charge is 1.59. The van der Waals surface area contributed by atoms with Crippen molar-refractivity contribution < 1.29 is 4.12 Å². The van der Waals surface area contributed by atoms with Crippen molar-refractivity contribution in [3.8, 4) is 0 Å². The van der Waals surface area contributed by atoms with E-state index in [-0.39, 0.29) is 0 Å². The van der Waals surface area contributed by atoms with Crippen molar-refractivity contribution in [3.63, 3.8) is 0 Å². The van der Waals surface area contributed by atoms with Crippen LogP contribution in [0.5, 0.6) is 0 Å². The van der Waals surface area contributed by atoms with Gasteiger partial charge < -0.3 is 4.12 Å². The molecule has 0 bridgehead atoms. The first kappa shape index (κ1) is 8.02. The molecular formula is C3H9NOSSi2. The molecule has 8 heavy (non-hydrogen) atoms. The number of aromatic nitrogens is 1. The molecule has 0 saturated carbocycles. The monoisotopic (exact) mass is 163 g/mol. The van der Waals surface area contributed by atoms with Crippen molar-refractivity contribution in [2.75, 3.05) is 0 Å². The van der Waals surface area contributed by atoms with Gasteiger partial charge in [0.25, 0.3) is 0 Å². The molecule has 0 atom stereocenters. The smallest absolute Gasteiger partial charge is 0.129 e. The van der Waals surface area contributed by atoms with Gasteiger partial charge in [-0.1, -0.05) is 0 Å². The second kappa shape index (κ2) is 7.02. The largest absolute Gasteiger partial charge is 0.471 e. The lowest BCUT2D eigenvalue weighted by molar-refractivity contribution is 0.690. The Balaban J connectivity index is 0.000000145. The van der Waals surface area contributed by atoms with Crippen molar-refractivity contribution in [1.82, 2.24) is 4.98 Å². The molecular weight excluding hydrogens is 154 g/mol. The molecule has 0 amide bonds. The van der Waals surface area contributed by atoms with E-state index in [0.29, 0.717) is 0 Å². The summed E-state index contributed by atoms with van der Waals surface area (Å²) in [6.07, 6.45) is 1.77. The van der Waals surface area contributed by atoms with Crippen LogP contribution in [0, 0.1) is 0 Å². The summed E-state index contributed by atoms with van der Waals surface area (Å²) in [4.78, 5) is 3.74. The van der Waals surface area contributed by atoms with Gasteiger partial charge in [-0.25, -0.2) is 0 Å². The van der Waals surface area contributed by atoms with Gasteiger partial charge in [0.15, 0.2) is 0 Å². The number of hydrogen-bond donors (Lipinski definition) is 0. The van der Waals surface area contributed by atoms with E-state index in [2.05, 4.69) is 9.10 Å². The van der Waals surface area contributed by atoms with Gasteiger partial charge in [0.05, 0.1) is 5.51 Å². The van der Waals surface area contributed by atoms with Crippen LogP contribution in [0.1, 0.15) is 0 Å². The minimum Gasteiger partial charge on any atom is -0.471 e. The molecule has 0 radical (unpaired) electrons. The van der Waals surface area contributed by atoms with Crippen molar-refractivity contribution in [2.45, 2.75) is 0 Å². The van der Waals surface area contributed by atoms with Gasteiger partial charge in [0.1, 0.15) is 21.0 Å². The molecule has 1 heterocycles. The van der Waals surface area contributed by atoms with Crippen molar-refractivity contribution in [1.29, 1.82) is 0 Å². The minimum absolute atomic E-state index is 0.931. The fourth-order valence-electron chi connectivity index (χ4n) is 0.176. The molecule has 0 spiro atoms. The molecule has 0 unspecified atom stereocenters. The first-order chi connectivity index (χ1) is 3.91. The Morgan fingerprint density at radius 3 is 2.25 bits per heavy atom. The average Bonchev–Trinajstić information content (AvgIpc) is 2.17. The van der Waals surface area contributed by atoms with Crippen LogP contribution in [0.3, 0.4) is 0 Å². The predicted octanol–water partition coefficient (Wildman–Crippen LogP) is -1.29. The third-order valence-electron chi connectivity index (χ3n) is 0.347. The summed E-state index contributed by atoms with van der Waals surface area (Å²) in [5, 5.41) is 1.93. The topological polar surface area (TPSA) is 22.1 Å². The summed E-state index contributed by atoms with van der Waals surface area (Å²) in [6.45, 7) is 0. The molecule has 1 rings (SSSR count). The zero-order valence-electron chi connectivity index (χ0n) is 5.00. The Labute approximate surface area is 59.0 Å². The van der Waals surface area contributed by atoms with E-state index in [1.807, 2.05) is 5.38 Å². The van der Waals surface area contributed by atoms with Crippen LogP contribution in [0.25, 0.3) is 0 Å². The summed E-state index contributed by atoms with van der Waals surface area (Å²) < 4.78 is 4.53. The molecule has 0 aliphatic rings. The van der Waals surface area contributed by atoms with Crippen LogP contribution in [0.15, 0.2) is 17.1 Å². The Hall–Kier alpha value is 0.0238. The molecule has 2 nitrogen and oxygen atoms in total. The lowest BCUT2D eigenvalue weighted by Gasteiger charge is -1.62. The lowest BCUT2D eigenvalue weighted by atomic mass is 11.0. The van der Waals surface area contributed by atoms with E-state index in [1.54, 1.807) is 23.0 Å². The molecule has 0 aliphatic heterocycles. The van der Waals surface area contributed by atoms with E-state index in [1.165, 1.54) is 0 Å². The third kappa shape index (κ3) is 6.02. The van der Waals surface area contributed by atoms with Crippen LogP contribution in [-0.2, 0) is 4.12 Å². The maximum Gasteiger partial charge on any atom is 0.129 e. The van der Waals surface area contributed by atoms with Crippen LogP contribution in [0.4, 0.5) is 0 Å². The lowest BCUT2D eigenvalue weighted by Crippen LogP contribution is -1.65. The van der Waals surface area contributed by atoms with Gasteiger partial charge in [-0.3, -0.25) is 4.98 Å². The van der Waals surface area contributed by atoms with Crippen molar-refractivity contribution in [3.05, 3.63) is 17.1 Å². The van der Waals surface area contributed by atoms with E-state index in [9.17, 15) is 0 Å². The summed E-state index contributed by atoms with van der Waals surface area (Å²) in [7, 11) is 1.86. The van der Waals surface area contributed by atoms with Crippen LogP contribution < -0.4 is 0 Å². The zero-order chi connectivity index (χ0) is 6.24. The average molecular weight is 163 g/mol. The summed E-state index contributed by atoms with van der Waals surface area (Å²) in [5.74, 6) is 0. The third-order valence-corrected chi connectivity index (χ3v) is 0.869. The Morgan fingerprint density at radius 2 is 2.12 bits per heavy atom. The Kier molecular flexibility index (Phi) is 7.04. The van der Waals surface area contributed by atoms with Gasteiger partial charge in [0, 0.05) is 11.6 Å². The number of hydrogen-bond acceptors (Lipinski definition) is 3. The number of nitrogens with zero attached hydrogens (tertiary/aromatic N) is 1. The number of rotatable bonds is 0. The number of thiazole rings is 1. The SMILES string of the molecule is [SiH3]O[SiH3].c1cscn1. The van der Waals surface area contributed by atoms with Gasteiger partial charge in [0.2, 0.25) is 0 Å². The molecule has 46 valence electrons. The maximum absolute atomic E-state index is 4.53. The summed E-state index contributed by atoms with van der Waals surface area (Å²) in [5.41, 5.74) is 1.79. The Morgan fingerprint density at radius 1 is 1.50 bits per heavy atom. The van der Waals surface area contributed by atoms with Crippen LogP contribution in [0.2, 0.25) is 0 Å². The fourth-order valence-corrected chi connectivity index (χ4v) is 0.527. The van der Waals surface area contributed by atoms with E-state index < -0.39 is 0 Å². The molecule has 0 aromatic carbocycles. The Bertz CT molecular complexity index is 84.2. The second-order valence-corrected chi connectivity index (χ2v) is 5.11. The van der Waals surface area contributed by atoms with Crippen molar-refractivity contribution >= 4 is 32.3 Å². The van der Waals surface area contributed by atoms with Gasteiger partial charge >= 0.3 is 0 Å². The molecule has 0 saturated heterocycles. The fraction of sp³-hybridized carbons (Fsp3) is 0. The molecule has 0 aliphatic carbocycles. The standard InChI is InChI=1S/C3H3NS.H6OSi2/c1-2-5-3-4-1;2-1-3/h1-3H;2-3H3.